The Hall–Kier alpha value is -2.68. The van der Waals surface area contributed by atoms with E-state index in [1.54, 1.807) is 0 Å². The molecule has 0 bridgehead atoms. The molecule has 1 aliphatic heterocycles. The van der Waals surface area contributed by atoms with Crippen LogP contribution in [0.1, 0.15) is 34.6 Å². The van der Waals surface area contributed by atoms with Crippen LogP contribution in [0.4, 0.5) is 0 Å². The van der Waals surface area contributed by atoms with E-state index in [0.29, 0.717) is 25.3 Å². The maximum Gasteiger partial charge on any atom is 0.286 e. The van der Waals surface area contributed by atoms with E-state index in [2.05, 4.69) is 52.2 Å². The van der Waals surface area contributed by atoms with E-state index in [9.17, 15) is 9.90 Å². The zero-order chi connectivity index (χ0) is 23.8. The van der Waals surface area contributed by atoms with Gasteiger partial charge in [0.1, 0.15) is 0 Å². The summed E-state index contributed by atoms with van der Waals surface area (Å²) in [7, 11) is 0. The SMILES string of the molecule is O=C(NCCc1ccccc1)C1=C[C@H](c2ccc(I)cc2)C[C@H](OCc2ccc(CO)cc2)O1. The number of hydrogen-bond donors (Lipinski definition) is 2. The van der Waals surface area contributed by atoms with Crippen LogP contribution in [0, 0.1) is 3.57 Å². The van der Waals surface area contributed by atoms with Crippen molar-refractivity contribution < 1.29 is 19.4 Å². The highest BCUT2D eigenvalue weighted by molar-refractivity contribution is 14.1. The maximum atomic E-state index is 12.9. The summed E-state index contributed by atoms with van der Waals surface area (Å²) in [4.78, 5) is 12.9. The Bertz CT molecular complexity index is 1100. The molecule has 34 heavy (non-hydrogen) atoms. The fraction of sp³-hybridized carbons (Fsp3) is 0.250. The Morgan fingerprint density at radius 1 is 0.971 bits per heavy atom. The molecule has 0 fully saturated rings. The lowest BCUT2D eigenvalue weighted by atomic mass is 9.93. The molecule has 3 aromatic rings. The van der Waals surface area contributed by atoms with Crippen LogP contribution in [0.25, 0.3) is 0 Å². The van der Waals surface area contributed by atoms with Crippen LogP contribution in [0.15, 0.2) is 90.7 Å². The average molecular weight is 569 g/mol. The van der Waals surface area contributed by atoms with Crippen molar-refractivity contribution in [3.63, 3.8) is 0 Å². The molecular weight excluding hydrogens is 541 g/mol. The molecule has 5 nitrogen and oxygen atoms in total. The van der Waals surface area contributed by atoms with Gasteiger partial charge in [0.15, 0.2) is 5.76 Å². The number of amides is 1. The van der Waals surface area contributed by atoms with E-state index >= 15 is 0 Å². The van der Waals surface area contributed by atoms with Gasteiger partial charge in [0.25, 0.3) is 5.91 Å². The molecule has 1 amide bonds. The average Bonchev–Trinajstić information content (AvgIpc) is 2.88. The number of hydrogen-bond acceptors (Lipinski definition) is 4. The van der Waals surface area contributed by atoms with Crippen molar-refractivity contribution in [1.29, 1.82) is 0 Å². The Balaban J connectivity index is 1.42. The van der Waals surface area contributed by atoms with Crippen molar-refractivity contribution in [3.05, 3.63) is 117 Å². The predicted octanol–water partition coefficient (Wildman–Crippen LogP) is 5.07. The van der Waals surface area contributed by atoms with Crippen molar-refractivity contribution in [2.45, 2.75) is 38.3 Å². The normalized spacial score (nSPS) is 17.5. The number of aliphatic hydroxyl groups excluding tert-OH is 1. The summed E-state index contributed by atoms with van der Waals surface area (Å²) < 4.78 is 13.2. The van der Waals surface area contributed by atoms with Gasteiger partial charge in [-0.2, -0.15) is 0 Å². The molecule has 0 aliphatic carbocycles. The highest BCUT2D eigenvalue weighted by Gasteiger charge is 2.28. The smallest absolute Gasteiger partial charge is 0.286 e. The highest BCUT2D eigenvalue weighted by Crippen LogP contribution is 2.32. The van der Waals surface area contributed by atoms with Gasteiger partial charge >= 0.3 is 0 Å². The minimum absolute atomic E-state index is 0.0120. The molecule has 0 aromatic heterocycles. The third kappa shape index (κ3) is 6.91. The molecule has 1 heterocycles. The zero-order valence-corrected chi connectivity index (χ0v) is 21.0. The highest BCUT2D eigenvalue weighted by atomic mass is 127. The van der Waals surface area contributed by atoms with Crippen LogP contribution in [0.2, 0.25) is 0 Å². The van der Waals surface area contributed by atoms with Crippen molar-refractivity contribution in [1.82, 2.24) is 5.32 Å². The molecule has 0 saturated heterocycles. The molecule has 4 rings (SSSR count). The minimum Gasteiger partial charge on any atom is -0.459 e. The number of allylic oxidation sites excluding steroid dienone is 1. The quantitative estimate of drug-likeness (QED) is 0.353. The van der Waals surface area contributed by atoms with Gasteiger partial charge in [-0.25, -0.2) is 0 Å². The second kappa shape index (κ2) is 12.1. The summed E-state index contributed by atoms with van der Waals surface area (Å²) in [5.74, 6) is 0.0814. The van der Waals surface area contributed by atoms with Crippen LogP contribution in [-0.4, -0.2) is 23.8 Å². The Kier molecular flexibility index (Phi) is 8.73. The molecule has 0 radical (unpaired) electrons. The van der Waals surface area contributed by atoms with E-state index in [1.165, 1.54) is 5.56 Å². The topological polar surface area (TPSA) is 67.8 Å². The van der Waals surface area contributed by atoms with Crippen LogP contribution in [0.3, 0.4) is 0 Å². The van der Waals surface area contributed by atoms with Gasteiger partial charge < -0.3 is 19.9 Å². The number of halogens is 1. The summed E-state index contributed by atoms with van der Waals surface area (Å²) in [6.45, 7) is 0.900. The third-order valence-electron chi connectivity index (χ3n) is 5.76. The molecule has 6 heteroatoms. The lowest BCUT2D eigenvalue weighted by Crippen LogP contribution is -2.33. The molecule has 0 spiro atoms. The second-order valence-electron chi connectivity index (χ2n) is 8.25. The molecule has 3 aromatic carbocycles. The standard InChI is InChI=1S/C28H28INO4/c29-25-12-10-23(11-13-25)24-16-26(28(32)30-15-14-20-4-2-1-3-5-20)34-27(17-24)33-19-22-8-6-21(18-31)7-9-22/h1-13,16,24,27,31H,14-15,17-19H2,(H,30,32)/t24-,27+/m0/s1. The first-order valence-corrected chi connectivity index (χ1v) is 12.4. The molecule has 2 N–H and O–H groups in total. The number of nitrogens with one attached hydrogen (secondary N) is 1. The van der Waals surface area contributed by atoms with Crippen molar-refractivity contribution in [2.24, 2.45) is 0 Å². The first kappa shape index (κ1) is 24.4. The molecule has 0 saturated carbocycles. The Morgan fingerprint density at radius 3 is 2.38 bits per heavy atom. The van der Waals surface area contributed by atoms with E-state index < -0.39 is 6.29 Å². The number of carbonyl (C=O) groups excluding carboxylic acids is 1. The lowest BCUT2D eigenvalue weighted by molar-refractivity contribution is -0.150. The number of benzene rings is 3. The molecular formula is C28H28INO4. The third-order valence-corrected chi connectivity index (χ3v) is 6.48. The largest absolute Gasteiger partial charge is 0.459 e. The summed E-state index contributed by atoms with van der Waals surface area (Å²) >= 11 is 2.29. The summed E-state index contributed by atoms with van der Waals surface area (Å²) in [5, 5.41) is 12.2. The van der Waals surface area contributed by atoms with E-state index in [0.717, 1.165) is 26.7 Å². The summed E-state index contributed by atoms with van der Waals surface area (Å²) in [6.07, 6.45) is 2.73. The maximum absolute atomic E-state index is 12.9. The zero-order valence-electron chi connectivity index (χ0n) is 18.8. The molecule has 176 valence electrons. The van der Waals surface area contributed by atoms with Gasteiger partial charge in [0, 0.05) is 22.5 Å². The summed E-state index contributed by atoms with van der Waals surface area (Å²) in [5.41, 5.74) is 4.13. The fourth-order valence-corrected chi connectivity index (χ4v) is 4.20. The van der Waals surface area contributed by atoms with Crippen molar-refractivity contribution >= 4 is 28.5 Å². The summed E-state index contributed by atoms with van der Waals surface area (Å²) in [6, 6.07) is 26.0. The number of carbonyl (C=O) groups is 1. The van der Waals surface area contributed by atoms with E-state index in [-0.39, 0.29) is 18.4 Å². The fourth-order valence-electron chi connectivity index (χ4n) is 3.84. The van der Waals surface area contributed by atoms with Gasteiger partial charge in [0.2, 0.25) is 6.29 Å². The van der Waals surface area contributed by atoms with Gasteiger partial charge in [-0.05, 0) is 69.5 Å². The molecule has 2 atom stereocenters. The van der Waals surface area contributed by atoms with Gasteiger partial charge in [0.05, 0.1) is 13.2 Å². The van der Waals surface area contributed by atoms with Crippen molar-refractivity contribution in [2.75, 3.05) is 6.54 Å². The van der Waals surface area contributed by atoms with Crippen LogP contribution in [0.5, 0.6) is 0 Å². The van der Waals surface area contributed by atoms with E-state index in [1.807, 2.05) is 60.7 Å². The predicted molar refractivity (Wildman–Crippen MR) is 140 cm³/mol. The van der Waals surface area contributed by atoms with Gasteiger partial charge in [-0.3, -0.25) is 4.79 Å². The minimum atomic E-state index is -0.540. The van der Waals surface area contributed by atoms with Crippen LogP contribution < -0.4 is 5.32 Å². The van der Waals surface area contributed by atoms with Crippen molar-refractivity contribution in [3.8, 4) is 0 Å². The van der Waals surface area contributed by atoms with E-state index in [4.69, 9.17) is 9.47 Å². The first-order valence-electron chi connectivity index (χ1n) is 11.4. The molecule has 1 aliphatic rings. The number of ether oxygens (including phenoxy) is 2. The Morgan fingerprint density at radius 2 is 1.68 bits per heavy atom. The number of aliphatic hydroxyl groups is 1. The van der Waals surface area contributed by atoms with Gasteiger partial charge in [-0.1, -0.05) is 66.7 Å². The number of rotatable bonds is 9. The molecule has 0 unspecified atom stereocenters. The van der Waals surface area contributed by atoms with Crippen LogP contribution >= 0.6 is 22.6 Å². The van der Waals surface area contributed by atoms with Crippen LogP contribution in [-0.2, 0) is 33.9 Å². The second-order valence-corrected chi connectivity index (χ2v) is 9.49. The first-order chi connectivity index (χ1) is 16.6. The lowest BCUT2D eigenvalue weighted by Gasteiger charge is -2.29. The van der Waals surface area contributed by atoms with Gasteiger partial charge in [-0.15, -0.1) is 0 Å². The Labute approximate surface area is 213 Å². The monoisotopic (exact) mass is 569 g/mol.